The Bertz CT molecular complexity index is 383. The van der Waals surface area contributed by atoms with Crippen LogP contribution in [-0.4, -0.2) is 25.5 Å². The van der Waals surface area contributed by atoms with E-state index in [1.807, 2.05) is 38.2 Å². The molecule has 0 saturated carbocycles. The summed E-state index contributed by atoms with van der Waals surface area (Å²) in [5.74, 6) is 0.173. The Labute approximate surface area is 96.5 Å². The topological polar surface area (TPSA) is 32.3 Å². The zero-order valence-corrected chi connectivity index (χ0v) is 9.86. The van der Waals surface area contributed by atoms with Crippen LogP contribution in [0, 0.1) is 6.92 Å². The minimum atomic E-state index is 0.00426. The van der Waals surface area contributed by atoms with Crippen molar-refractivity contribution in [2.24, 2.45) is 0 Å². The molecule has 1 aromatic rings. The van der Waals surface area contributed by atoms with Gasteiger partial charge in [0, 0.05) is 12.7 Å². The first-order chi connectivity index (χ1) is 7.70. The molecule has 0 aromatic heterocycles. The maximum Gasteiger partial charge on any atom is 0.243 e. The number of nitrogens with one attached hydrogen (secondary N) is 1. The number of benzene rings is 1. The molecule has 3 nitrogen and oxygen atoms in total. The smallest absolute Gasteiger partial charge is 0.243 e. The third-order valence-corrected chi connectivity index (χ3v) is 3.17. The summed E-state index contributed by atoms with van der Waals surface area (Å²) < 4.78 is 0. The second-order valence-corrected chi connectivity index (χ2v) is 4.33. The van der Waals surface area contributed by atoms with Gasteiger partial charge in [-0.1, -0.05) is 18.2 Å². The second kappa shape index (κ2) is 4.66. The molecule has 1 aromatic carbocycles. The van der Waals surface area contributed by atoms with Gasteiger partial charge >= 0.3 is 0 Å². The number of anilines is 1. The summed E-state index contributed by atoms with van der Waals surface area (Å²) in [5, 5.41) is 3.24. The summed E-state index contributed by atoms with van der Waals surface area (Å²) in [6, 6.07) is 7.98. The lowest BCUT2D eigenvalue weighted by Crippen LogP contribution is -2.41. The van der Waals surface area contributed by atoms with Crippen LogP contribution in [0.2, 0.25) is 0 Å². The first kappa shape index (κ1) is 11.1. The van der Waals surface area contributed by atoms with E-state index in [0.29, 0.717) is 0 Å². The van der Waals surface area contributed by atoms with Crippen molar-refractivity contribution in [1.82, 2.24) is 5.32 Å². The zero-order chi connectivity index (χ0) is 11.5. The molecule has 3 heteroatoms. The molecule has 1 N–H and O–H groups in total. The van der Waals surface area contributed by atoms with Crippen LogP contribution < -0.4 is 10.2 Å². The van der Waals surface area contributed by atoms with Gasteiger partial charge in [-0.3, -0.25) is 4.79 Å². The van der Waals surface area contributed by atoms with Crippen molar-refractivity contribution in [2.45, 2.75) is 25.8 Å². The largest absolute Gasteiger partial charge is 0.314 e. The van der Waals surface area contributed by atoms with E-state index < -0.39 is 0 Å². The van der Waals surface area contributed by atoms with E-state index in [1.165, 1.54) is 0 Å². The minimum Gasteiger partial charge on any atom is -0.314 e. The quantitative estimate of drug-likeness (QED) is 0.819. The molecule has 16 heavy (non-hydrogen) atoms. The van der Waals surface area contributed by atoms with Gasteiger partial charge in [-0.25, -0.2) is 0 Å². The van der Waals surface area contributed by atoms with Crippen molar-refractivity contribution in [1.29, 1.82) is 0 Å². The molecular formula is C13H18N2O. The molecule has 0 radical (unpaired) electrons. The summed E-state index contributed by atoms with van der Waals surface area (Å²) in [6.07, 6.45) is 2.05. The van der Waals surface area contributed by atoms with E-state index in [0.717, 1.165) is 30.6 Å². The van der Waals surface area contributed by atoms with Gasteiger partial charge in [0.1, 0.15) is 0 Å². The molecule has 86 valence electrons. The number of carbonyl (C=O) groups is 1. The van der Waals surface area contributed by atoms with E-state index in [-0.39, 0.29) is 11.9 Å². The Balaban J connectivity index is 2.15. The van der Waals surface area contributed by atoms with Crippen LogP contribution >= 0.6 is 0 Å². The van der Waals surface area contributed by atoms with Crippen molar-refractivity contribution >= 4 is 11.6 Å². The summed E-state index contributed by atoms with van der Waals surface area (Å²) in [5.41, 5.74) is 2.14. The molecule has 1 aliphatic rings. The van der Waals surface area contributed by atoms with Crippen LogP contribution in [0.4, 0.5) is 5.69 Å². The van der Waals surface area contributed by atoms with Gasteiger partial charge < -0.3 is 10.2 Å². The average molecular weight is 218 g/mol. The number of carbonyl (C=O) groups excluding carboxylic acids is 1. The first-order valence-electron chi connectivity index (χ1n) is 5.77. The van der Waals surface area contributed by atoms with Crippen molar-refractivity contribution in [3.05, 3.63) is 29.8 Å². The maximum absolute atomic E-state index is 12.2. The Morgan fingerprint density at radius 1 is 1.44 bits per heavy atom. The lowest BCUT2D eigenvalue weighted by Gasteiger charge is -2.22. The molecule has 1 saturated heterocycles. The molecule has 1 amide bonds. The maximum atomic E-state index is 12.2. The van der Waals surface area contributed by atoms with Gasteiger partial charge in [-0.2, -0.15) is 0 Å². The van der Waals surface area contributed by atoms with Gasteiger partial charge in [-0.05, 0) is 37.9 Å². The number of rotatable bonds is 2. The fourth-order valence-electron chi connectivity index (χ4n) is 2.19. The monoisotopic (exact) mass is 218 g/mol. The molecular weight excluding hydrogens is 200 g/mol. The summed E-state index contributed by atoms with van der Waals surface area (Å²) in [7, 11) is 1.85. The fraction of sp³-hybridized carbons (Fsp3) is 0.462. The van der Waals surface area contributed by atoms with E-state index in [2.05, 4.69) is 5.32 Å². The molecule has 1 atom stereocenters. The van der Waals surface area contributed by atoms with E-state index in [4.69, 9.17) is 0 Å². The molecule has 2 rings (SSSR count). The number of amides is 1. The highest BCUT2D eigenvalue weighted by atomic mass is 16.2. The number of hydrogen-bond acceptors (Lipinski definition) is 2. The molecule has 1 fully saturated rings. The SMILES string of the molecule is Cc1ccccc1N(C)C(=O)[C@H]1CCCN1. The van der Waals surface area contributed by atoms with Gasteiger partial charge in [0.05, 0.1) is 6.04 Å². The summed E-state index contributed by atoms with van der Waals surface area (Å²) in [4.78, 5) is 13.9. The molecule has 1 aliphatic heterocycles. The predicted octanol–water partition coefficient (Wildman–Crippen LogP) is 1.71. The zero-order valence-electron chi connectivity index (χ0n) is 9.86. The van der Waals surface area contributed by atoms with Crippen LogP contribution in [0.1, 0.15) is 18.4 Å². The molecule has 0 unspecified atom stereocenters. The van der Waals surface area contributed by atoms with Crippen molar-refractivity contribution < 1.29 is 4.79 Å². The second-order valence-electron chi connectivity index (χ2n) is 4.33. The summed E-state index contributed by atoms with van der Waals surface area (Å²) in [6.45, 7) is 2.99. The first-order valence-corrected chi connectivity index (χ1v) is 5.77. The highest BCUT2D eigenvalue weighted by Gasteiger charge is 2.25. The molecule has 0 spiro atoms. The lowest BCUT2D eigenvalue weighted by molar-refractivity contribution is -0.119. The highest BCUT2D eigenvalue weighted by Crippen LogP contribution is 2.20. The van der Waals surface area contributed by atoms with Crippen LogP contribution in [-0.2, 0) is 4.79 Å². The Morgan fingerprint density at radius 2 is 2.19 bits per heavy atom. The Kier molecular flexibility index (Phi) is 3.25. The van der Waals surface area contributed by atoms with Crippen molar-refractivity contribution in [2.75, 3.05) is 18.5 Å². The number of nitrogens with zero attached hydrogens (tertiary/aromatic N) is 1. The highest BCUT2D eigenvalue weighted by molar-refractivity contribution is 5.97. The number of aryl methyl sites for hydroxylation is 1. The predicted molar refractivity (Wildman–Crippen MR) is 65.6 cm³/mol. The fourth-order valence-corrected chi connectivity index (χ4v) is 2.19. The minimum absolute atomic E-state index is 0.00426. The number of para-hydroxylation sites is 1. The Hall–Kier alpha value is -1.35. The van der Waals surface area contributed by atoms with Crippen LogP contribution in [0.5, 0.6) is 0 Å². The van der Waals surface area contributed by atoms with Gasteiger partial charge in [0.15, 0.2) is 0 Å². The molecule has 0 aliphatic carbocycles. The number of hydrogen-bond donors (Lipinski definition) is 1. The van der Waals surface area contributed by atoms with Crippen LogP contribution in [0.15, 0.2) is 24.3 Å². The summed E-state index contributed by atoms with van der Waals surface area (Å²) >= 11 is 0. The van der Waals surface area contributed by atoms with Crippen molar-refractivity contribution in [3.63, 3.8) is 0 Å². The van der Waals surface area contributed by atoms with E-state index >= 15 is 0 Å². The standard InChI is InChI=1S/C13H18N2O/c1-10-6-3-4-8-12(10)15(2)13(16)11-7-5-9-14-11/h3-4,6,8,11,14H,5,7,9H2,1-2H3/t11-/m1/s1. The Morgan fingerprint density at radius 3 is 2.81 bits per heavy atom. The van der Waals surface area contributed by atoms with E-state index in [1.54, 1.807) is 4.90 Å². The third-order valence-electron chi connectivity index (χ3n) is 3.17. The van der Waals surface area contributed by atoms with Crippen LogP contribution in [0.3, 0.4) is 0 Å². The van der Waals surface area contributed by atoms with Crippen LogP contribution in [0.25, 0.3) is 0 Å². The average Bonchev–Trinajstić information content (AvgIpc) is 2.81. The molecule has 0 bridgehead atoms. The molecule has 1 heterocycles. The van der Waals surface area contributed by atoms with Gasteiger partial charge in [0.2, 0.25) is 5.91 Å². The van der Waals surface area contributed by atoms with E-state index in [9.17, 15) is 4.79 Å². The van der Waals surface area contributed by atoms with Gasteiger partial charge in [0.25, 0.3) is 0 Å². The third kappa shape index (κ3) is 2.09. The lowest BCUT2D eigenvalue weighted by atomic mass is 10.1. The number of likely N-dealkylation sites (N-methyl/N-ethyl adjacent to an activating group) is 1. The normalized spacial score (nSPS) is 19.8. The van der Waals surface area contributed by atoms with Crippen molar-refractivity contribution in [3.8, 4) is 0 Å². The van der Waals surface area contributed by atoms with Gasteiger partial charge in [-0.15, -0.1) is 0 Å².